The molecule has 1 aromatic rings. The van der Waals surface area contributed by atoms with Crippen LogP contribution in [0, 0.1) is 6.92 Å². The minimum absolute atomic E-state index is 0.178. The summed E-state index contributed by atoms with van der Waals surface area (Å²) in [5, 5.41) is 13.3. The molecule has 1 aliphatic heterocycles. The first-order valence-corrected chi connectivity index (χ1v) is 6.34. The first-order valence-electron chi connectivity index (χ1n) is 6.34. The Morgan fingerprint density at radius 2 is 2.35 bits per heavy atom. The van der Waals surface area contributed by atoms with Gasteiger partial charge in [0, 0.05) is 18.9 Å². The molecule has 1 aliphatic rings. The summed E-state index contributed by atoms with van der Waals surface area (Å²) in [6, 6.07) is -0.329. The number of hydrogen-bond acceptors (Lipinski definition) is 7. The molecule has 0 aliphatic carbocycles. The van der Waals surface area contributed by atoms with Gasteiger partial charge in [-0.05, 0) is 14.0 Å². The van der Waals surface area contributed by atoms with Gasteiger partial charge in [0.15, 0.2) is 6.23 Å². The predicted octanol–water partition coefficient (Wildman–Crippen LogP) is -1.37. The summed E-state index contributed by atoms with van der Waals surface area (Å²) in [6.07, 6.45) is -0.509. The molecule has 2 rings (SSSR count). The molecule has 20 heavy (non-hydrogen) atoms. The summed E-state index contributed by atoms with van der Waals surface area (Å²) in [6.45, 7) is 2.05. The van der Waals surface area contributed by atoms with Crippen molar-refractivity contribution in [3.05, 3.63) is 22.2 Å². The van der Waals surface area contributed by atoms with Gasteiger partial charge in [0.2, 0.25) is 0 Å². The highest BCUT2D eigenvalue weighted by Crippen LogP contribution is 2.28. The molecule has 0 bridgehead atoms. The van der Waals surface area contributed by atoms with Gasteiger partial charge in [-0.1, -0.05) is 0 Å². The second-order valence-corrected chi connectivity index (χ2v) is 4.82. The highest BCUT2D eigenvalue weighted by atomic mass is 16.6. The molecule has 4 N–H and O–H groups in total. The van der Waals surface area contributed by atoms with Crippen molar-refractivity contribution in [1.29, 1.82) is 0 Å². The van der Waals surface area contributed by atoms with E-state index in [-0.39, 0.29) is 18.0 Å². The molecule has 1 saturated heterocycles. The number of anilines is 1. The van der Waals surface area contributed by atoms with Gasteiger partial charge < -0.3 is 25.6 Å². The summed E-state index contributed by atoms with van der Waals surface area (Å²) in [5.41, 5.74) is 5.69. The number of hydrogen-bond donors (Lipinski definition) is 3. The minimum atomic E-state index is -0.886. The third-order valence-corrected chi connectivity index (χ3v) is 3.49. The van der Waals surface area contributed by atoms with Crippen molar-refractivity contribution in [3.63, 3.8) is 0 Å². The number of rotatable bonds is 4. The van der Waals surface area contributed by atoms with Crippen LogP contribution in [0.3, 0.4) is 0 Å². The summed E-state index contributed by atoms with van der Waals surface area (Å²) >= 11 is 0. The molecule has 0 spiro atoms. The molecule has 112 valence electrons. The van der Waals surface area contributed by atoms with Crippen LogP contribution >= 0.6 is 0 Å². The largest absolute Gasteiger partial charge is 0.387 e. The topological polar surface area (TPSA) is 112 Å². The average Bonchev–Trinajstić information content (AvgIpc) is 2.71. The van der Waals surface area contributed by atoms with Crippen molar-refractivity contribution in [3.8, 4) is 0 Å². The van der Waals surface area contributed by atoms with Gasteiger partial charge in [-0.3, -0.25) is 4.57 Å². The van der Waals surface area contributed by atoms with Crippen molar-refractivity contribution in [1.82, 2.24) is 14.9 Å². The molecule has 0 amide bonds. The first-order chi connectivity index (χ1) is 9.49. The van der Waals surface area contributed by atoms with E-state index >= 15 is 0 Å². The molecule has 1 unspecified atom stereocenters. The summed E-state index contributed by atoms with van der Waals surface area (Å²) in [4.78, 5) is 15.6. The van der Waals surface area contributed by atoms with Gasteiger partial charge in [-0.2, -0.15) is 4.98 Å². The van der Waals surface area contributed by atoms with Crippen LogP contribution in [0.2, 0.25) is 0 Å². The van der Waals surface area contributed by atoms with Crippen LogP contribution in [0.15, 0.2) is 11.0 Å². The van der Waals surface area contributed by atoms with Gasteiger partial charge in [0.05, 0.1) is 12.6 Å². The third-order valence-electron chi connectivity index (χ3n) is 3.49. The molecule has 0 radical (unpaired) electrons. The van der Waals surface area contributed by atoms with Crippen molar-refractivity contribution in [2.75, 3.05) is 26.5 Å². The Labute approximate surface area is 116 Å². The number of ether oxygens (including phenoxy) is 2. The van der Waals surface area contributed by atoms with E-state index in [1.165, 1.54) is 4.57 Å². The monoisotopic (exact) mass is 284 g/mol. The van der Waals surface area contributed by atoms with Gasteiger partial charge in [0.25, 0.3) is 0 Å². The molecule has 1 aromatic heterocycles. The molecule has 0 saturated carbocycles. The van der Waals surface area contributed by atoms with Crippen molar-refractivity contribution in [2.45, 2.75) is 31.4 Å². The maximum atomic E-state index is 11.9. The number of methoxy groups -OCH3 is 1. The van der Waals surface area contributed by atoms with Crippen LogP contribution in [0.25, 0.3) is 0 Å². The molecule has 1 fully saturated rings. The van der Waals surface area contributed by atoms with Crippen molar-refractivity contribution in [2.24, 2.45) is 0 Å². The van der Waals surface area contributed by atoms with Gasteiger partial charge >= 0.3 is 5.69 Å². The lowest BCUT2D eigenvalue weighted by Gasteiger charge is -2.19. The number of aryl methyl sites for hydroxylation is 1. The van der Waals surface area contributed by atoms with E-state index in [9.17, 15) is 9.90 Å². The number of nitrogen functional groups attached to an aromatic ring is 1. The fourth-order valence-corrected chi connectivity index (χ4v) is 2.40. The normalized spacial score (nSPS) is 29.8. The van der Waals surface area contributed by atoms with Crippen LogP contribution in [0.5, 0.6) is 0 Å². The van der Waals surface area contributed by atoms with E-state index < -0.39 is 18.0 Å². The molecule has 2 heterocycles. The third kappa shape index (κ3) is 2.55. The highest BCUT2D eigenvalue weighted by Gasteiger charge is 2.44. The lowest BCUT2D eigenvalue weighted by Crippen LogP contribution is -2.44. The summed E-state index contributed by atoms with van der Waals surface area (Å²) in [5.74, 6) is 0.178. The Kier molecular flexibility index (Phi) is 4.39. The molecule has 4 atom stereocenters. The Hall–Kier alpha value is -1.48. The van der Waals surface area contributed by atoms with Crippen LogP contribution in [0.1, 0.15) is 11.8 Å². The van der Waals surface area contributed by atoms with Crippen LogP contribution in [-0.2, 0) is 9.47 Å². The number of aliphatic hydroxyl groups is 1. The number of aliphatic hydroxyl groups excluding tert-OH is 1. The SMILES string of the molecule is CNC1[C@@H](COC)O[C@@H](n2cc(C)c(N)nc2=O)[C@H]1O. The molecule has 0 aromatic carbocycles. The maximum absolute atomic E-state index is 11.9. The zero-order valence-corrected chi connectivity index (χ0v) is 11.7. The standard InChI is InChI=1S/C12H20N4O4/c1-6-4-16(12(18)15-10(6)13)11-9(17)8(14-2)7(20-11)5-19-3/h4,7-9,11,14,17H,5H2,1-3H3,(H2,13,15,18)/t7-,8?,9+,11-/m1/s1. The number of nitrogens with zero attached hydrogens (tertiary/aromatic N) is 2. The lowest BCUT2D eigenvalue weighted by atomic mass is 10.1. The van der Waals surface area contributed by atoms with Crippen molar-refractivity contribution >= 4 is 5.82 Å². The van der Waals surface area contributed by atoms with Crippen LogP contribution in [-0.4, -0.2) is 53.7 Å². The van der Waals surface area contributed by atoms with Gasteiger partial charge in [-0.25, -0.2) is 4.79 Å². The van der Waals surface area contributed by atoms with Crippen molar-refractivity contribution < 1.29 is 14.6 Å². The maximum Gasteiger partial charge on any atom is 0.351 e. The van der Waals surface area contributed by atoms with Crippen LogP contribution in [0.4, 0.5) is 5.82 Å². The predicted molar refractivity (Wildman–Crippen MR) is 72.3 cm³/mol. The first kappa shape index (κ1) is 14.9. The molecule has 8 nitrogen and oxygen atoms in total. The van der Waals surface area contributed by atoms with E-state index in [2.05, 4.69) is 10.3 Å². The fourth-order valence-electron chi connectivity index (χ4n) is 2.40. The van der Waals surface area contributed by atoms with E-state index in [1.54, 1.807) is 27.3 Å². The second-order valence-electron chi connectivity index (χ2n) is 4.82. The molecular formula is C12H20N4O4. The number of aromatic nitrogens is 2. The van der Waals surface area contributed by atoms with E-state index in [0.29, 0.717) is 12.2 Å². The second kappa shape index (κ2) is 5.88. The zero-order valence-electron chi connectivity index (χ0n) is 11.7. The zero-order chi connectivity index (χ0) is 14.9. The summed E-state index contributed by atoms with van der Waals surface area (Å²) in [7, 11) is 3.27. The van der Waals surface area contributed by atoms with E-state index in [0.717, 1.165) is 0 Å². The van der Waals surface area contributed by atoms with Gasteiger partial charge in [0.1, 0.15) is 18.0 Å². The van der Waals surface area contributed by atoms with Crippen LogP contribution < -0.4 is 16.7 Å². The summed E-state index contributed by atoms with van der Waals surface area (Å²) < 4.78 is 12.0. The Bertz CT molecular complexity index is 533. The number of nitrogens with one attached hydrogen (secondary N) is 1. The molecular weight excluding hydrogens is 264 g/mol. The Balaban J connectivity index is 2.34. The smallest absolute Gasteiger partial charge is 0.351 e. The number of nitrogens with two attached hydrogens (primary N) is 1. The van der Waals surface area contributed by atoms with E-state index in [1.807, 2.05) is 0 Å². The fraction of sp³-hybridized carbons (Fsp3) is 0.667. The average molecular weight is 284 g/mol. The van der Waals surface area contributed by atoms with Gasteiger partial charge in [-0.15, -0.1) is 0 Å². The Morgan fingerprint density at radius 3 is 2.95 bits per heavy atom. The van der Waals surface area contributed by atoms with E-state index in [4.69, 9.17) is 15.2 Å². The quantitative estimate of drug-likeness (QED) is 0.625. The molecule has 8 heteroatoms. The minimum Gasteiger partial charge on any atom is -0.387 e. The number of likely N-dealkylation sites (N-methyl/N-ethyl adjacent to an activating group) is 1. The lowest BCUT2D eigenvalue weighted by molar-refractivity contribution is -0.0585. The Morgan fingerprint density at radius 1 is 1.65 bits per heavy atom. The highest BCUT2D eigenvalue weighted by molar-refractivity contribution is 5.35.